The Balaban J connectivity index is 0.00000484. The van der Waals surface area contributed by atoms with Crippen LogP contribution >= 0.6 is 24.0 Å². The Bertz CT molecular complexity index is 527. The molecule has 128 valence electrons. The van der Waals surface area contributed by atoms with Crippen LogP contribution < -0.4 is 15.4 Å². The van der Waals surface area contributed by atoms with E-state index in [9.17, 15) is 0 Å². The Morgan fingerprint density at radius 1 is 1.30 bits per heavy atom. The summed E-state index contributed by atoms with van der Waals surface area (Å²) in [5.74, 6) is 4.05. The lowest BCUT2D eigenvalue weighted by molar-refractivity contribution is 0.110. The predicted molar refractivity (Wildman–Crippen MR) is 106 cm³/mol. The van der Waals surface area contributed by atoms with E-state index in [0.29, 0.717) is 38.9 Å². The highest BCUT2D eigenvalue weighted by atomic mass is 127. The lowest BCUT2D eigenvalue weighted by atomic mass is 10.1. The summed E-state index contributed by atoms with van der Waals surface area (Å²) < 4.78 is 11.1. The Labute approximate surface area is 156 Å². The molecule has 1 aromatic carbocycles. The van der Waals surface area contributed by atoms with Gasteiger partial charge in [-0.3, -0.25) is 4.99 Å². The van der Waals surface area contributed by atoms with Crippen molar-refractivity contribution in [1.82, 2.24) is 10.6 Å². The molecule has 0 unspecified atom stereocenters. The van der Waals surface area contributed by atoms with E-state index in [1.807, 2.05) is 26.0 Å². The number of hydrogen-bond donors (Lipinski definition) is 2. The van der Waals surface area contributed by atoms with Crippen molar-refractivity contribution >= 4 is 29.9 Å². The SMILES string of the molecule is C#CCNC(=NC)NCc1ccc(C)cc1OCCOCC.I. The van der Waals surface area contributed by atoms with E-state index < -0.39 is 0 Å². The number of nitrogens with one attached hydrogen (secondary N) is 2. The first-order valence-corrected chi connectivity index (χ1v) is 7.39. The predicted octanol–water partition coefficient (Wildman–Crippen LogP) is 2.33. The summed E-state index contributed by atoms with van der Waals surface area (Å²) in [4.78, 5) is 4.11. The maximum Gasteiger partial charge on any atom is 0.192 e. The molecule has 2 N–H and O–H groups in total. The molecule has 0 heterocycles. The number of guanidine groups is 1. The van der Waals surface area contributed by atoms with Crippen molar-refractivity contribution in [2.45, 2.75) is 20.4 Å². The minimum atomic E-state index is 0. The number of hydrogen-bond acceptors (Lipinski definition) is 3. The number of aryl methyl sites for hydroxylation is 1. The second-order valence-electron chi connectivity index (χ2n) is 4.64. The molecule has 6 heteroatoms. The van der Waals surface area contributed by atoms with Gasteiger partial charge in [0, 0.05) is 25.8 Å². The van der Waals surface area contributed by atoms with Gasteiger partial charge in [0.15, 0.2) is 5.96 Å². The largest absolute Gasteiger partial charge is 0.491 e. The monoisotopic (exact) mass is 431 g/mol. The number of aliphatic imine (C=N–C) groups is 1. The van der Waals surface area contributed by atoms with Crippen LogP contribution in [-0.2, 0) is 11.3 Å². The quantitative estimate of drug-likeness (QED) is 0.218. The lowest BCUT2D eigenvalue weighted by Crippen LogP contribution is -2.37. The highest BCUT2D eigenvalue weighted by Crippen LogP contribution is 2.20. The van der Waals surface area contributed by atoms with Crippen molar-refractivity contribution in [1.29, 1.82) is 0 Å². The van der Waals surface area contributed by atoms with Crippen LogP contribution in [0.4, 0.5) is 0 Å². The fraction of sp³-hybridized carbons (Fsp3) is 0.471. The van der Waals surface area contributed by atoms with E-state index in [1.165, 1.54) is 0 Å². The van der Waals surface area contributed by atoms with Crippen LogP contribution in [0.15, 0.2) is 23.2 Å². The topological polar surface area (TPSA) is 54.9 Å². The summed E-state index contributed by atoms with van der Waals surface area (Å²) in [6.07, 6.45) is 5.23. The normalized spacial score (nSPS) is 10.4. The van der Waals surface area contributed by atoms with Crippen LogP contribution in [0.3, 0.4) is 0 Å². The Morgan fingerprint density at radius 3 is 2.74 bits per heavy atom. The first kappa shape index (κ1) is 21.5. The molecule has 5 nitrogen and oxygen atoms in total. The standard InChI is InChI=1S/C17H25N3O2.HI/c1-5-9-19-17(18-4)20-13-15-8-7-14(3)12-16(15)22-11-10-21-6-2;/h1,7-8,12H,6,9-11,13H2,2-4H3,(H2,18,19,20);1H. The Hall–Kier alpha value is -1.46. The van der Waals surface area contributed by atoms with Gasteiger partial charge in [0.25, 0.3) is 0 Å². The molecule has 0 fully saturated rings. The third-order valence-electron chi connectivity index (χ3n) is 2.94. The van der Waals surface area contributed by atoms with Gasteiger partial charge in [-0.2, -0.15) is 0 Å². The van der Waals surface area contributed by atoms with Crippen molar-refractivity contribution < 1.29 is 9.47 Å². The molecule has 0 aliphatic carbocycles. The van der Waals surface area contributed by atoms with Crippen LogP contribution in [0.1, 0.15) is 18.1 Å². The van der Waals surface area contributed by atoms with E-state index >= 15 is 0 Å². The Morgan fingerprint density at radius 2 is 2.09 bits per heavy atom. The van der Waals surface area contributed by atoms with Gasteiger partial charge in [-0.05, 0) is 25.5 Å². The minimum Gasteiger partial charge on any atom is -0.491 e. The first-order chi connectivity index (χ1) is 10.7. The highest BCUT2D eigenvalue weighted by Gasteiger charge is 2.05. The third-order valence-corrected chi connectivity index (χ3v) is 2.94. The molecule has 0 bridgehead atoms. The van der Waals surface area contributed by atoms with Crippen LogP contribution in [0, 0.1) is 19.3 Å². The van der Waals surface area contributed by atoms with Crippen molar-refractivity contribution in [2.75, 3.05) is 33.4 Å². The molecule has 0 aliphatic heterocycles. The summed E-state index contributed by atoms with van der Waals surface area (Å²) >= 11 is 0. The fourth-order valence-corrected chi connectivity index (χ4v) is 1.83. The van der Waals surface area contributed by atoms with Crippen LogP contribution in [0.5, 0.6) is 5.75 Å². The zero-order valence-corrected chi connectivity index (χ0v) is 16.3. The average molecular weight is 431 g/mol. The zero-order chi connectivity index (χ0) is 16.2. The van der Waals surface area contributed by atoms with Gasteiger partial charge in [0.05, 0.1) is 13.2 Å². The van der Waals surface area contributed by atoms with Crippen LogP contribution in [0.2, 0.25) is 0 Å². The lowest BCUT2D eigenvalue weighted by Gasteiger charge is -2.15. The van der Waals surface area contributed by atoms with Gasteiger partial charge in [0.1, 0.15) is 12.4 Å². The highest BCUT2D eigenvalue weighted by molar-refractivity contribution is 14.0. The van der Waals surface area contributed by atoms with Gasteiger partial charge in [0.2, 0.25) is 0 Å². The van der Waals surface area contributed by atoms with Gasteiger partial charge < -0.3 is 20.1 Å². The van der Waals surface area contributed by atoms with Crippen molar-refractivity contribution in [2.24, 2.45) is 4.99 Å². The second-order valence-corrected chi connectivity index (χ2v) is 4.64. The van der Waals surface area contributed by atoms with Gasteiger partial charge >= 0.3 is 0 Å². The maximum absolute atomic E-state index is 5.81. The summed E-state index contributed by atoms with van der Waals surface area (Å²) in [7, 11) is 1.71. The summed E-state index contributed by atoms with van der Waals surface area (Å²) in [6, 6.07) is 6.14. The molecule has 0 atom stereocenters. The number of benzene rings is 1. The number of nitrogens with zero attached hydrogens (tertiary/aromatic N) is 1. The molecular formula is C17H26IN3O2. The van der Waals surface area contributed by atoms with Crippen LogP contribution in [0.25, 0.3) is 0 Å². The molecule has 0 saturated carbocycles. The number of ether oxygens (including phenoxy) is 2. The second kappa shape index (κ2) is 13.0. The number of halogens is 1. The maximum atomic E-state index is 5.81. The first-order valence-electron chi connectivity index (χ1n) is 7.39. The number of terminal acetylenes is 1. The van der Waals surface area contributed by atoms with E-state index in [-0.39, 0.29) is 24.0 Å². The van der Waals surface area contributed by atoms with Crippen molar-refractivity contribution in [3.8, 4) is 18.1 Å². The molecule has 0 spiro atoms. The average Bonchev–Trinajstić information content (AvgIpc) is 2.53. The molecule has 1 aromatic rings. The van der Waals surface area contributed by atoms with E-state index in [1.54, 1.807) is 7.05 Å². The third kappa shape index (κ3) is 8.67. The van der Waals surface area contributed by atoms with E-state index in [4.69, 9.17) is 15.9 Å². The van der Waals surface area contributed by atoms with Crippen molar-refractivity contribution in [3.63, 3.8) is 0 Å². The smallest absolute Gasteiger partial charge is 0.192 e. The molecule has 0 aromatic heterocycles. The molecule has 0 saturated heterocycles. The summed E-state index contributed by atoms with van der Waals surface area (Å²) in [6.45, 7) is 6.87. The summed E-state index contributed by atoms with van der Waals surface area (Å²) in [5, 5.41) is 6.24. The molecule has 23 heavy (non-hydrogen) atoms. The van der Waals surface area contributed by atoms with Crippen molar-refractivity contribution in [3.05, 3.63) is 29.3 Å². The van der Waals surface area contributed by atoms with Gasteiger partial charge in [-0.15, -0.1) is 30.4 Å². The number of rotatable bonds is 8. The van der Waals surface area contributed by atoms with E-state index in [2.05, 4.69) is 27.6 Å². The Kier molecular flexibility index (Phi) is 12.2. The molecule has 0 amide bonds. The molecule has 1 rings (SSSR count). The zero-order valence-electron chi connectivity index (χ0n) is 14.0. The van der Waals surface area contributed by atoms with Crippen LogP contribution in [-0.4, -0.2) is 39.4 Å². The molecule has 0 aliphatic rings. The minimum absolute atomic E-state index is 0. The van der Waals surface area contributed by atoms with Gasteiger partial charge in [-0.1, -0.05) is 18.1 Å². The van der Waals surface area contributed by atoms with Gasteiger partial charge in [-0.25, -0.2) is 0 Å². The van der Waals surface area contributed by atoms with E-state index in [0.717, 1.165) is 16.9 Å². The molecule has 0 radical (unpaired) electrons. The summed E-state index contributed by atoms with van der Waals surface area (Å²) in [5.41, 5.74) is 2.22. The fourth-order valence-electron chi connectivity index (χ4n) is 1.83. The molecular weight excluding hydrogens is 405 g/mol.